The Hall–Kier alpha value is -3.04. The van der Waals surface area contributed by atoms with E-state index in [9.17, 15) is 8.42 Å². The Labute approximate surface area is 217 Å². The Balaban J connectivity index is 1.59. The molecule has 1 unspecified atom stereocenters. The molecule has 0 aromatic heterocycles. The first kappa shape index (κ1) is 26.0. The molecule has 0 bridgehead atoms. The van der Waals surface area contributed by atoms with Gasteiger partial charge < -0.3 is 15.4 Å². The van der Waals surface area contributed by atoms with E-state index in [1.807, 2.05) is 29.2 Å². The third kappa shape index (κ3) is 5.37. The summed E-state index contributed by atoms with van der Waals surface area (Å²) in [5.74, 6) is 1.07. The lowest BCUT2D eigenvalue weighted by atomic mass is 10.1. The fourth-order valence-electron chi connectivity index (χ4n) is 4.71. The van der Waals surface area contributed by atoms with Crippen LogP contribution in [-0.2, 0) is 16.4 Å². The molecular formula is C26H32ClN5O3S. The Kier molecular flexibility index (Phi) is 7.61. The van der Waals surface area contributed by atoms with E-state index in [4.69, 9.17) is 32.9 Å². The summed E-state index contributed by atoms with van der Waals surface area (Å²) in [6, 6.07) is 10.4. The zero-order valence-corrected chi connectivity index (χ0v) is 22.1. The number of benzene rings is 2. The molecule has 1 fully saturated rings. The molecule has 0 amide bonds. The molecule has 0 radical (unpaired) electrons. The molecule has 2 aliphatic heterocycles. The lowest BCUT2D eigenvalue weighted by molar-refractivity contribution is 0.130. The number of nitrogens with two attached hydrogens (primary N) is 1. The summed E-state index contributed by atoms with van der Waals surface area (Å²) in [4.78, 5) is 2.03. The van der Waals surface area contributed by atoms with Crippen LogP contribution in [0.1, 0.15) is 43.4 Å². The molecule has 4 N–H and O–H groups in total. The average Bonchev–Trinajstić information content (AvgIpc) is 3.25. The standard InChI is InChI=1S/C26H32ClN5O3S/c1-3-36(33,34)32-20(8-7-18-5-4-6-19(15-18)26(29)30)16-22-23(32)9-10-24(25(22)27)35-21-11-13-31(14-12-21)17(2)28/h4-10,15,20-21,28H,3,11-14,16H2,1-2H3,(H3,29,30)/b8-7+,28-17?. The van der Waals surface area contributed by atoms with Crippen molar-refractivity contribution in [3.05, 3.63) is 64.2 Å². The molecule has 2 aliphatic rings. The van der Waals surface area contributed by atoms with Crippen molar-refractivity contribution >= 4 is 45.1 Å². The summed E-state index contributed by atoms with van der Waals surface area (Å²) in [6.45, 7) is 4.96. The number of rotatable bonds is 7. The average molecular weight is 530 g/mol. The molecule has 0 aliphatic carbocycles. The van der Waals surface area contributed by atoms with Crippen LogP contribution in [0.15, 0.2) is 42.5 Å². The second-order valence-corrected chi connectivity index (χ2v) is 11.6. The minimum atomic E-state index is -3.55. The molecule has 8 nitrogen and oxygen atoms in total. The molecule has 36 heavy (non-hydrogen) atoms. The Bertz CT molecular complexity index is 1300. The minimum absolute atomic E-state index is 0.00252. The predicted octanol–water partition coefficient (Wildman–Crippen LogP) is 4.26. The quantitative estimate of drug-likeness (QED) is 0.365. The van der Waals surface area contributed by atoms with Crippen LogP contribution in [0.5, 0.6) is 5.75 Å². The number of fused-ring (bicyclic) bond motifs is 1. The van der Waals surface area contributed by atoms with Crippen LogP contribution in [0.4, 0.5) is 5.69 Å². The van der Waals surface area contributed by atoms with Crippen LogP contribution in [0.2, 0.25) is 5.02 Å². The van der Waals surface area contributed by atoms with Gasteiger partial charge in [-0.2, -0.15) is 0 Å². The van der Waals surface area contributed by atoms with Crippen LogP contribution in [0.3, 0.4) is 0 Å². The van der Waals surface area contributed by atoms with Crippen LogP contribution in [0.25, 0.3) is 6.08 Å². The van der Waals surface area contributed by atoms with Crippen molar-refractivity contribution in [3.63, 3.8) is 0 Å². The number of nitrogens with zero attached hydrogens (tertiary/aromatic N) is 2. The fraction of sp³-hybridized carbons (Fsp3) is 0.385. The topological polar surface area (TPSA) is 124 Å². The molecule has 2 aromatic rings. The van der Waals surface area contributed by atoms with Gasteiger partial charge in [0.25, 0.3) is 0 Å². The largest absolute Gasteiger partial charge is 0.489 e. The number of hydrogen-bond donors (Lipinski definition) is 3. The van der Waals surface area contributed by atoms with Gasteiger partial charge in [-0.1, -0.05) is 42.0 Å². The van der Waals surface area contributed by atoms with Crippen molar-refractivity contribution in [1.82, 2.24) is 4.90 Å². The first-order valence-corrected chi connectivity index (χ1v) is 14.0. The van der Waals surface area contributed by atoms with Crippen molar-refractivity contribution in [2.24, 2.45) is 5.73 Å². The number of ether oxygens (including phenoxy) is 1. The summed E-state index contributed by atoms with van der Waals surface area (Å²) in [7, 11) is -3.55. The van der Waals surface area contributed by atoms with E-state index in [2.05, 4.69) is 0 Å². The number of amidine groups is 2. The highest BCUT2D eigenvalue weighted by Crippen LogP contribution is 2.44. The maximum atomic E-state index is 13.1. The monoisotopic (exact) mass is 529 g/mol. The van der Waals surface area contributed by atoms with Gasteiger partial charge in [0, 0.05) is 43.5 Å². The van der Waals surface area contributed by atoms with Crippen molar-refractivity contribution < 1.29 is 13.2 Å². The first-order chi connectivity index (χ1) is 17.1. The number of likely N-dealkylation sites (tertiary alicyclic amines) is 1. The molecule has 2 heterocycles. The van der Waals surface area contributed by atoms with Crippen molar-refractivity contribution in [2.45, 2.75) is 45.3 Å². The summed E-state index contributed by atoms with van der Waals surface area (Å²) in [5, 5.41) is 15.9. The van der Waals surface area contributed by atoms with Crippen LogP contribution in [0, 0.1) is 10.8 Å². The van der Waals surface area contributed by atoms with Gasteiger partial charge in [0.2, 0.25) is 10.0 Å². The van der Waals surface area contributed by atoms with Gasteiger partial charge in [0.15, 0.2) is 0 Å². The SMILES string of the molecule is CCS(=O)(=O)N1c2ccc(OC3CCN(C(C)=N)CC3)c(Cl)c2CC1/C=C/c1cccc(C(=N)N)c1. The highest BCUT2D eigenvalue weighted by molar-refractivity contribution is 7.92. The Morgan fingerprint density at radius 2 is 1.94 bits per heavy atom. The lowest BCUT2D eigenvalue weighted by Gasteiger charge is -2.33. The molecule has 4 rings (SSSR count). The number of hydrogen-bond acceptors (Lipinski definition) is 5. The van der Waals surface area contributed by atoms with Gasteiger partial charge in [-0.25, -0.2) is 8.42 Å². The molecule has 1 atom stereocenters. The number of nitrogen functional groups attached to an aromatic ring is 1. The number of nitrogens with one attached hydrogen (secondary N) is 2. The van der Waals surface area contributed by atoms with Crippen LogP contribution < -0.4 is 14.8 Å². The van der Waals surface area contributed by atoms with Gasteiger partial charge in [0.1, 0.15) is 17.7 Å². The second kappa shape index (κ2) is 10.5. The zero-order chi connectivity index (χ0) is 26.0. The summed E-state index contributed by atoms with van der Waals surface area (Å²) in [5.41, 5.74) is 8.38. The zero-order valence-electron chi connectivity index (χ0n) is 20.5. The van der Waals surface area contributed by atoms with Gasteiger partial charge >= 0.3 is 0 Å². The van der Waals surface area contributed by atoms with E-state index in [1.165, 1.54) is 4.31 Å². The predicted molar refractivity (Wildman–Crippen MR) is 146 cm³/mol. The molecule has 10 heteroatoms. The second-order valence-electron chi connectivity index (χ2n) is 9.13. The Morgan fingerprint density at radius 1 is 1.22 bits per heavy atom. The number of piperidine rings is 1. The summed E-state index contributed by atoms with van der Waals surface area (Å²) >= 11 is 6.80. The molecular weight excluding hydrogens is 498 g/mol. The minimum Gasteiger partial charge on any atom is -0.489 e. The first-order valence-electron chi connectivity index (χ1n) is 12.0. The third-order valence-corrected chi connectivity index (χ3v) is 8.93. The maximum absolute atomic E-state index is 13.1. The highest BCUT2D eigenvalue weighted by Gasteiger charge is 2.37. The normalized spacial score (nSPS) is 18.5. The number of anilines is 1. The van der Waals surface area contributed by atoms with Crippen molar-refractivity contribution in [2.75, 3.05) is 23.1 Å². The summed E-state index contributed by atoms with van der Waals surface area (Å²) in [6.07, 6.45) is 5.73. The van der Waals surface area contributed by atoms with E-state index in [0.29, 0.717) is 34.3 Å². The third-order valence-electron chi connectivity index (χ3n) is 6.72. The molecule has 192 valence electrons. The lowest BCUT2D eigenvalue weighted by Crippen LogP contribution is -2.40. The van der Waals surface area contributed by atoms with Crippen molar-refractivity contribution in [1.29, 1.82) is 10.8 Å². The van der Waals surface area contributed by atoms with E-state index in [-0.39, 0.29) is 17.7 Å². The molecule has 1 saturated heterocycles. The smallest absolute Gasteiger partial charge is 0.235 e. The molecule has 2 aromatic carbocycles. The van der Waals surface area contributed by atoms with Gasteiger partial charge in [0.05, 0.1) is 28.3 Å². The van der Waals surface area contributed by atoms with Gasteiger partial charge in [-0.3, -0.25) is 15.1 Å². The van der Waals surface area contributed by atoms with E-state index in [0.717, 1.165) is 37.1 Å². The number of halogens is 1. The van der Waals surface area contributed by atoms with E-state index < -0.39 is 16.1 Å². The van der Waals surface area contributed by atoms with Gasteiger partial charge in [-0.05, 0) is 37.6 Å². The van der Waals surface area contributed by atoms with E-state index in [1.54, 1.807) is 38.1 Å². The molecule has 0 spiro atoms. The van der Waals surface area contributed by atoms with Gasteiger partial charge in [-0.15, -0.1) is 0 Å². The van der Waals surface area contributed by atoms with Crippen LogP contribution in [-0.4, -0.2) is 56.0 Å². The molecule has 0 saturated carbocycles. The fourth-order valence-corrected chi connectivity index (χ4v) is 6.30. The maximum Gasteiger partial charge on any atom is 0.235 e. The highest BCUT2D eigenvalue weighted by atomic mass is 35.5. The number of sulfonamides is 1. The Morgan fingerprint density at radius 3 is 2.58 bits per heavy atom. The van der Waals surface area contributed by atoms with Crippen LogP contribution >= 0.6 is 11.6 Å². The van der Waals surface area contributed by atoms with E-state index >= 15 is 0 Å². The van der Waals surface area contributed by atoms with Crippen molar-refractivity contribution in [3.8, 4) is 5.75 Å². The summed E-state index contributed by atoms with van der Waals surface area (Å²) < 4.78 is 33.9.